The van der Waals surface area contributed by atoms with Crippen molar-refractivity contribution in [2.45, 2.75) is 13.0 Å². The molecule has 0 saturated heterocycles. The van der Waals surface area contributed by atoms with Crippen molar-refractivity contribution in [3.05, 3.63) is 52.7 Å². The zero-order valence-electron chi connectivity index (χ0n) is 11.2. The molecule has 0 spiro atoms. The number of aromatic nitrogens is 1. The van der Waals surface area contributed by atoms with Crippen LogP contribution in [-0.4, -0.2) is 21.9 Å². The maximum absolute atomic E-state index is 11.3. The molecule has 108 valence electrons. The highest BCUT2D eigenvalue weighted by Crippen LogP contribution is 2.23. The fraction of sp³-hybridized carbons (Fsp3) is 0.143. The van der Waals surface area contributed by atoms with Crippen molar-refractivity contribution in [2.24, 2.45) is 5.73 Å². The van der Waals surface area contributed by atoms with Gasteiger partial charge in [-0.15, -0.1) is 0 Å². The van der Waals surface area contributed by atoms with Gasteiger partial charge in [-0.25, -0.2) is 4.79 Å². The van der Waals surface area contributed by atoms with E-state index in [9.17, 15) is 14.9 Å². The molecule has 0 aliphatic rings. The smallest absolute Gasteiger partial charge is 0.328 e. The van der Waals surface area contributed by atoms with Crippen LogP contribution in [0.25, 0.3) is 11.3 Å². The molecule has 7 heteroatoms. The summed E-state index contributed by atoms with van der Waals surface area (Å²) in [6, 6.07) is 8.58. The molecule has 1 aromatic heterocycles. The summed E-state index contributed by atoms with van der Waals surface area (Å²) in [5, 5.41) is 10.7. The molecular formula is C14H13N3O4. The van der Waals surface area contributed by atoms with Gasteiger partial charge in [0.15, 0.2) is 0 Å². The molecule has 0 amide bonds. The van der Waals surface area contributed by atoms with E-state index in [4.69, 9.17) is 10.5 Å². The van der Waals surface area contributed by atoms with Crippen molar-refractivity contribution in [2.75, 3.05) is 0 Å². The first-order valence-corrected chi connectivity index (χ1v) is 6.15. The predicted octanol–water partition coefficient (Wildman–Crippen LogP) is 1.91. The highest BCUT2D eigenvalue weighted by molar-refractivity contribution is 5.77. The molecule has 0 saturated carbocycles. The number of carbonyl (C=O) groups is 1. The summed E-state index contributed by atoms with van der Waals surface area (Å²) in [5.41, 5.74) is 6.53. The molecule has 1 aromatic carbocycles. The van der Waals surface area contributed by atoms with Crippen LogP contribution in [0.15, 0.2) is 42.6 Å². The normalized spacial score (nSPS) is 11.7. The number of carbonyl (C=O) groups excluding carboxylic acids is 1. The molecule has 0 bridgehead atoms. The van der Waals surface area contributed by atoms with E-state index in [0.717, 1.165) is 0 Å². The fourth-order valence-corrected chi connectivity index (χ4v) is 1.60. The number of nitrogens with two attached hydrogens (primary N) is 1. The number of nitrogens with zero attached hydrogens (tertiary/aromatic N) is 2. The number of ether oxygens (including phenoxy) is 1. The van der Waals surface area contributed by atoms with Gasteiger partial charge in [0, 0.05) is 17.7 Å². The lowest BCUT2D eigenvalue weighted by atomic mass is 10.1. The molecule has 0 aliphatic heterocycles. The van der Waals surface area contributed by atoms with Crippen LogP contribution in [0, 0.1) is 10.1 Å². The number of esters is 1. The van der Waals surface area contributed by atoms with E-state index in [1.807, 2.05) is 0 Å². The van der Waals surface area contributed by atoms with Crippen LogP contribution in [0.2, 0.25) is 0 Å². The highest BCUT2D eigenvalue weighted by atomic mass is 16.6. The zero-order chi connectivity index (χ0) is 15.4. The SMILES string of the molecule is C[C@H](N)C(=O)Oc1ccc(-c2cccc([N+](=O)[O-])c2)nc1. The van der Waals surface area contributed by atoms with Crippen LogP contribution in [0.3, 0.4) is 0 Å². The van der Waals surface area contributed by atoms with E-state index in [1.165, 1.54) is 25.3 Å². The minimum Gasteiger partial charge on any atom is -0.424 e. The lowest BCUT2D eigenvalue weighted by molar-refractivity contribution is -0.384. The average molecular weight is 287 g/mol. The van der Waals surface area contributed by atoms with Crippen LogP contribution < -0.4 is 10.5 Å². The Hall–Kier alpha value is -2.80. The Labute approximate surface area is 120 Å². The molecule has 1 atom stereocenters. The van der Waals surface area contributed by atoms with E-state index < -0.39 is 16.9 Å². The summed E-state index contributed by atoms with van der Waals surface area (Å²) in [6.45, 7) is 1.52. The molecule has 2 rings (SSSR count). The van der Waals surface area contributed by atoms with Crippen LogP contribution >= 0.6 is 0 Å². The monoisotopic (exact) mass is 287 g/mol. The topological polar surface area (TPSA) is 108 Å². The van der Waals surface area contributed by atoms with E-state index in [1.54, 1.807) is 24.3 Å². The lowest BCUT2D eigenvalue weighted by Gasteiger charge is -2.07. The average Bonchev–Trinajstić information content (AvgIpc) is 2.48. The Morgan fingerprint density at radius 3 is 2.71 bits per heavy atom. The van der Waals surface area contributed by atoms with Gasteiger partial charge in [0.05, 0.1) is 16.8 Å². The summed E-state index contributed by atoms with van der Waals surface area (Å²) < 4.78 is 4.99. The van der Waals surface area contributed by atoms with Crippen molar-refractivity contribution >= 4 is 11.7 Å². The van der Waals surface area contributed by atoms with E-state index in [2.05, 4.69) is 4.98 Å². The van der Waals surface area contributed by atoms with Gasteiger partial charge in [-0.2, -0.15) is 0 Å². The molecule has 1 heterocycles. The number of pyridine rings is 1. The third kappa shape index (κ3) is 3.61. The third-order valence-electron chi connectivity index (χ3n) is 2.68. The number of non-ortho nitro benzene ring substituents is 1. The Bertz CT molecular complexity index is 668. The summed E-state index contributed by atoms with van der Waals surface area (Å²) >= 11 is 0. The fourth-order valence-electron chi connectivity index (χ4n) is 1.60. The van der Waals surface area contributed by atoms with Crippen LogP contribution in [0.4, 0.5) is 5.69 Å². The Morgan fingerprint density at radius 1 is 1.38 bits per heavy atom. The zero-order valence-corrected chi connectivity index (χ0v) is 11.2. The van der Waals surface area contributed by atoms with Gasteiger partial charge in [0.25, 0.3) is 5.69 Å². The summed E-state index contributed by atoms with van der Waals surface area (Å²) in [6.07, 6.45) is 1.37. The summed E-state index contributed by atoms with van der Waals surface area (Å²) in [4.78, 5) is 25.7. The number of rotatable bonds is 4. The van der Waals surface area contributed by atoms with Crippen LogP contribution in [0.5, 0.6) is 5.75 Å². The van der Waals surface area contributed by atoms with Gasteiger partial charge < -0.3 is 10.5 Å². The third-order valence-corrected chi connectivity index (χ3v) is 2.68. The number of hydrogen-bond acceptors (Lipinski definition) is 6. The standard InChI is InChI=1S/C14H13N3O4/c1-9(15)14(18)21-12-5-6-13(16-8-12)10-3-2-4-11(7-10)17(19)20/h2-9H,15H2,1H3/t9-/m0/s1. The van der Waals surface area contributed by atoms with Gasteiger partial charge in [-0.3, -0.25) is 15.1 Å². The first-order chi connectivity index (χ1) is 9.97. The first-order valence-electron chi connectivity index (χ1n) is 6.15. The van der Waals surface area contributed by atoms with Crippen molar-refractivity contribution in [3.8, 4) is 17.0 Å². The highest BCUT2D eigenvalue weighted by Gasteiger charge is 2.11. The van der Waals surface area contributed by atoms with E-state index in [0.29, 0.717) is 11.3 Å². The summed E-state index contributed by atoms with van der Waals surface area (Å²) in [5.74, 6) is -0.286. The molecular weight excluding hydrogens is 274 g/mol. The maximum Gasteiger partial charge on any atom is 0.328 e. The Kier molecular flexibility index (Phi) is 4.24. The maximum atomic E-state index is 11.3. The largest absolute Gasteiger partial charge is 0.424 e. The van der Waals surface area contributed by atoms with Gasteiger partial charge in [-0.05, 0) is 19.1 Å². The van der Waals surface area contributed by atoms with E-state index in [-0.39, 0.29) is 11.4 Å². The van der Waals surface area contributed by atoms with Crippen LogP contribution in [0.1, 0.15) is 6.92 Å². The molecule has 7 nitrogen and oxygen atoms in total. The van der Waals surface area contributed by atoms with Gasteiger partial charge >= 0.3 is 5.97 Å². The molecule has 0 aliphatic carbocycles. The minimum atomic E-state index is -0.721. The van der Waals surface area contributed by atoms with Crippen molar-refractivity contribution < 1.29 is 14.5 Å². The lowest BCUT2D eigenvalue weighted by Crippen LogP contribution is -2.30. The minimum absolute atomic E-state index is 0.0123. The molecule has 2 N–H and O–H groups in total. The van der Waals surface area contributed by atoms with Gasteiger partial charge in [-0.1, -0.05) is 12.1 Å². The van der Waals surface area contributed by atoms with Crippen LogP contribution in [-0.2, 0) is 4.79 Å². The molecule has 21 heavy (non-hydrogen) atoms. The Morgan fingerprint density at radius 2 is 2.14 bits per heavy atom. The second kappa shape index (κ2) is 6.10. The summed E-state index contributed by atoms with van der Waals surface area (Å²) in [7, 11) is 0. The second-order valence-corrected chi connectivity index (χ2v) is 4.40. The number of nitro groups is 1. The van der Waals surface area contributed by atoms with Crippen molar-refractivity contribution in [3.63, 3.8) is 0 Å². The molecule has 2 aromatic rings. The van der Waals surface area contributed by atoms with Gasteiger partial charge in [0.1, 0.15) is 11.8 Å². The van der Waals surface area contributed by atoms with Crippen molar-refractivity contribution in [1.29, 1.82) is 0 Å². The molecule has 0 unspecified atom stereocenters. The predicted molar refractivity (Wildman–Crippen MR) is 75.6 cm³/mol. The van der Waals surface area contributed by atoms with Gasteiger partial charge in [0.2, 0.25) is 0 Å². The second-order valence-electron chi connectivity index (χ2n) is 4.40. The number of hydrogen-bond donors (Lipinski definition) is 1. The first kappa shape index (κ1) is 14.6. The van der Waals surface area contributed by atoms with E-state index >= 15 is 0 Å². The Balaban J connectivity index is 2.21. The molecule has 0 fully saturated rings. The quantitative estimate of drug-likeness (QED) is 0.522. The number of benzene rings is 1. The van der Waals surface area contributed by atoms with Crippen molar-refractivity contribution in [1.82, 2.24) is 4.98 Å². The molecule has 0 radical (unpaired) electrons. The number of nitro benzene ring substituents is 1.